The third-order valence-corrected chi connectivity index (χ3v) is 4.59. The van der Waals surface area contributed by atoms with Crippen molar-refractivity contribution >= 4 is 11.8 Å². The second-order valence-corrected chi connectivity index (χ2v) is 6.30. The lowest BCUT2D eigenvalue weighted by Gasteiger charge is -2.25. The average molecular weight is 352 g/mol. The molecule has 0 aromatic heterocycles. The van der Waals surface area contributed by atoms with E-state index >= 15 is 0 Å². The zero-order valence-corrected chi connectivity index (χ0v) is 15.0. The van der Waals surface area contributed by atoms with E-state index in [1.807, 2.05) is 42.2 Å². The summed E-state index contributed by atoms with van der Waals surface area (Å²) in [7, 11) is 0. The maximum Gasteiger partial charge on any atom is 0.251 e. The number of amides is 2. The van der Waals surface area contributed by atoms with Crippen LogP contribution in [0, 0.1) is 0 Å². The Morgan fingerprint density at radius 1 is 1.12 bits per heavy atom. The summed E-state index contributed by atoms with van der Waals surface area (Å²) in [6, 6.07) is 16.9. The molecule has 5 nitrogen and oxygen atoms in total. The van der Waals surface area contributed by atoms with Gasteiger partial charge in [-0.2, -0.15) is 0 Å². The summed E-state index contributed by atoms with van der Waals surface area (Å²) >= 11 is 0. The summed E-state index contributed by atoms with van der Waals surface area (Å²) in [5.41, 5.74) is 1.67. The summed E-state index contributed by atoms with van der Waals surface area (Å²) < 4.78 is 5.48. The van der Waals surface area contributed by atoms with E-state index in [4.69, 9.17) is 4.74 Å². The summed E-state index contributed by atoms with van der Waals surface area (Å²) in [5, 5.41) is 2.72. The van der Waals surface area contributed by atoms with Crippen LogP contribution in [0.1, 0.15) is 41.7 Å². The minimum absolute atomic E-state index is 0.0151. The Balaban J connectivity index is 1.60. The Labute approximate surface area is 154 Å². The van der Waals surface area contributed by atoms with Crippen LogP contribution in [-0.4, -0.2) is 36.4 Å². The van der Waals surface area contributed by atoms with E-state index < -0.39 is 0 Å². The Bertz CT molecular complexity index is 744. The molecule has 2 amide bonds. The largest absolute Gasteiger partial charge is 0.494 e. The lowest BCUT2D eigenvalue weighted by Crippen LogP contribution is -2.39. The molecule has 1 N–H and O–H groups in total. The van der Waals surface area contributed by atoms with E-state index in [9.17, 15) is 9.59 Å². The molecule has 1 fully saturated rings. The first-order chi connectivity index (χ1) is 12.7. The van der Waals surface area contributed by atoms with Crippen molar-refractivity contribution in [1.29, 1.82) is 0 Å². The van der Waals surface area contributed by atoms with Crippen LogP contribution in [0.15, 0.2) is 54.6 Å². The maximum absolute atomic E-state index is 12.6. The number of benzene rings is 2. The highest BCUT2D eigenvalue weighted by atomic mass is 16.5. The van der Waals surface area contributed by atoms with Crippen LogP contribution in [0.4, 0.5) is 0 Å². The lowest BCUT2D eigenvalue weighted by molar-refractivity contribution is -0.131. The highest BCUT2D eigenvalue weighted by Crippen LogP contribution is 2.32. The molecule has 1 aliphatic heterocycles. The second kappa shape index (κ2) is 8.52. The molecule has 0 bridgehead atoms. The van der Waals surface area contributed by atoms with Crippen LogP contribution < -0.4 is 10.1 Å². The van der Waals surface area contributed by atoms with Crippen LogP contribution in [0.3, 0.4) is 0 Å². The van der Waals surface area contributed by atoms with Gasteiger partial charge in [0.05, 0.1) is 19.2 Å². The van der Waals surface area contributed by atoms with Crippen LogP contribution in [-0.2, 0) is 4.79 Å². The third-order valence-electron chi connectivity index (χ3n) is 4.59. The van der Waals surface area contributed by atoms with Crippen molar-refractivity contribution < 1.29 is 14.3 Å². The van der Waals surface area contributed by atoms with Gasteiger partial charge in [-0.05, 0) is 49.6 Å². The van der Waals surface area contributed by atoms with Crippen molar-refractivity contribution in [2.75, 3.05) is 19.7 Å². The van der Waals surface area contributed by atoms with Gasteiger partial charge in [-0.15, -0.1) is 0 Å². The normalized spacial score (nSPS) is 16.3. The van der Waals surface area contributed by atoms with Gasteiger partial charge in [-0.3, -0.25) is 9.59 Å². The molecular weight excluding hydrogens is 328 g/mol. The average Bonchev–Trinajstić information content (AvgIpc) is 3.17. The van der Waals surface area contributed by atoms with E-state index in [0.717, 1.165) is 30.7 Å². The molecular formula is C21H24N2O3. The van der Waals surface area contributed by atoms with Gasteiger partial charge in [-0.1, -0.05) is 30.3 Å². The zero-order chi connectivity index (χ0) is 18.4. The molecule has 1 saturated heterocycles. The lowest BCUT2D eigenvalue weighted by atomic mass is 10.0. The molecule has 0 aliphatic carbocycles. The van der Waals surface area contributed by atoms with E-state index in [1.54, 1.807) is 24.3 Å². The SMILES string of the molecule is CCOc1ccc(C2CCCN2C(=O)CNC(=O)c2ccccc2)cc1. The minimum atomic E-state index is -0.226. The van der Waals surface area contributed by atoms with Gasteiger partial charge < -0.3 is 15.0 Å². The predicted octanol–water partition coefficient (Wildman–Crippen LogP) is 3.18. The molecule has 1 aliphatic rings. The summed E-state index contributed by atoms with van der Waals surface area (Å²) in [5.74, 6) is 0.559. The fourth-order valence-electron chi connectivity index (χ4n) is 3.31. The van der Waals surface area contributed by atoms with E-state index in [2.05, 4.69) is 5.32 Å². The topological polar surface area (TPSA) is 58.6 Å². The van der Waals surface area contributed by atoms with Crippen LogP contribution >= 0.6 is 0 Å². The van der Waals surface area contributed by atoms with Gasteiger partial charge in [0, 0.05) is 12.1 Å². The number of hydrogen-bond donors (Lipinski definition) is 1. The Kier molecular flexibility index (Phi) is 5.89. The van der Waals surface area contributed by atoms with Gasteiger partial charge in [-0.25, -0.2) is 0 Å². The molecule has 3 rings (SSSR count). The molecule has 2 aromatic rings. The molecule has 1 atom stereocenters. The van der Waals surface area contributed by atoms with Gasteiger partial charge >= 0.3 is 0 Å². The number of ether oxygens (including phenoxy) is 1. The standard InChI is InChI=1S/C21H24N2O3/c1-2-26-18-12-10-16(11-13-18)19-9-6-14-23(19)20(24)15-22-21(25)17-7-4-3-5-8-17/h3-5,7-8,10-13,19H,2,6,9,14-15H2,1H3,(H,22,25). The van der Waals surface area contributed by atoms with Crippen molar-refractivity contribution in [2.45, 2.75) is 25.8 Å². The van der Waals surface area contributed by atoms with E-state index in [0.29, 0.717) is 12.2 Å². The van der Waals surface area contributed by atoms with Crippen LogP contribution in [0.5, 0.6) is 5.75 Å². The zero-order valence-electron chi connectivity index (χ0n) is 15.0. The third kappa shape index (κ3) is 4.23. The minimum Gasteiger partial charge on any atom is -0.494 e. The van der Waals surface area contributed by atoms with Crippen molar-refractivity contribution in [3.05, 3.63) is 65.7 Å². The number of carbonyl (C=O) groups excluding carboxylic acids is 2. The van der Waals surface area contributed by atoms with Crippen molar-refractivity contribution in [1.82, 2.24) is 10.2 Å². The first-order valence-electron chi connectivity index (χ1n) is 9.04. The van der Waals surface area contributed by atoms with E-state index in [1.165, 1.54) is 0 Å². The van der Waals surface area contributed by atoms with E-state index in [-0.39, 0.29) is 24.4 Å². The molecule has 2 aromatic carbocycles. The molecule has 1 heterocycles. The molecule has 1 unspecified atom stereocenters. The molecule has 136 valence electrons. The maximum atomic E-state index is 12.6. The van der Waals surface area contributed by atoms with Crippen molar-refractivity contribution in [3.63, 3.8) is 0 Å². The van der Waals surface area contributed by atoms with Gasteiger partial charge in [0.15, 0.2) is 0 Å². The quantitative estimate of drug-likeness (QED) is 0.869. The van der Waals surface area contributed by atoms with Crippen LogP contribution in [0.2, 0.25) is 0 Å². The highest BCUT2D eigenvalue weighted by molar-refractivity contribution is 5.96. The first kappa shape index (κ1) is 18.0. The number of nitrogens with zero attached hydrogens (tertiary/aromatic N) is 1. The Morgan fingerprint density at radius 2 is 1.85 bits per heavy atom. The number of hydrogen-bond acceptors (Lipinski definition) is 3. The monoisotopic (exact) mass is 352 g/mol. The second-order valence-electron chi connectivity index (χ2n) is 6.30. The number of nitrogens with one attached hydrogen (secondary N) is 1. The number of likely N-dealkylation sites (tertiary alicyclic amines) is 1. The first-order valence-corrected chi connectivity index (χ1v) is 9.04. The smallest absolute Gasteiger partial charge is 0.251 e. The summed E-state index contributed by atoms with van der Waals surface area (Å²) in [6.45, 7) is 3.32. The van der Waals surface area contributed by atoms with Gasteiger partial charge in [0.1, 0.15) is 5.75 Å². The summed E-state index contributed by atoms with van der Waals surface area (Å²) in [4.78, 5) is 26.6. The molecule has 0 radical (unpaired) electrons. The van der Waals surface area contributed by atoms with Crippen molar-refractivity contribution in [2.24, 2.45) is 0 Å². The molecule has 5 heteroatoms. The number of carbonyl (C=O) groups is 2. The molecule has 0 spiro atoms. The highest BCUT2D eigenvalue weighted by Gasteiger charge is 2.29. The Hall–Kier alpha value is -2.82. The van der Waals surface area contributed by atoms with Gasteiger partial charge in [0.2, 0.25) is 5.91 Å². The Morgan fingerprint density at radius 3 is 2.54 bits per heavy atom. The predicted molar refractivity (Wildman–Crippen MR) is 100 cm³/mol. The van der Waals surface area contributed by atoms with Crippen molar-refractivity contribution in [3.8, 4) is 5.75 Å². The summed E-state index contributed by atoms with van der Waals surface area (Å²) in [6.07, 6.45) is 1.91. The van der Waals surface area contributed by atoms with Crippen LogP contribution in [0.25, 0.3) is 0 Å². The fraction of sp³-hybridized carbons (Fsp3) is 0.333. The molecule has 0 saturated carbocycles. The number of rotatable bonds is 6. The molecule has 26 heavy (non-hydrogen) atoms. The van der Waals surface area contributed by atoms with Gasteiger partial charge in [0.25, 0.3) is 5.91 Å². The fourth-order valence-corrected chi connectivity index (χ4v) is 3.31.